The van der Waals surface area contributed by atoms with Crippen molar-refractivity contribution in [1.82, 2.24) is 14.1 Å². The Morgan fingerprint density at radius 2 is 1.13 bits per heavy atom. The van der Waals surface area contributed by atoms with Crippen LogP contribution in [-0.2, 0) is 0 Å². The molecule has 3 aromatic heterocycles. The van der Waals surface area contributed by atoms with Gasteiger partial charge >= 0.3 is 0 Å². The maximum absolute atomic E-state index is 5.07. The smallest absolute Gasteiger partial charge is 0.145 e. The van der Waals surface area contributed by atoms with Crippen LogP contribution in [0.25, 0.3) is 84.0 Å². The summed E-state index contributed by atoms with van der Waals surface area (Å²) in [5.74, 6) is 0. The van der Waals surface area contributed by atoms with E-state index in [1.807, 2.05) is 24.4 Å². The summed E-state index contributed by atoms with van der Waals surface area (Å²) in [6, 6.07) is 67.9. The van der Waals surface area contributed by atoms with Crippen molar-refractivity contribution in [3.05, 3.63) is 224 Å². The number of rotatable bonds is 7. The number of pyridine rings is 1. The van der Waals surface area contributed by atoms with Crippen LogP contribution in [0.3, 0.4) is 0 Å². The van der Waals surface area contributed by atoms with Gasteiger partial charge in [0.2, 0.25) is 0 Å². The topological polar surface area (TPSA) is 26.0 Å². The minimum atomic E-state index is 0.932. The second-order valence-corrected chi connectivity index (χ2v) is 15.3. The highest BCUT2D eigenvalue weighted by Gasteiger charge is 2.31. The molecule has 1 aliphatic rings. The number of fused-ring (bicyclic) bond motifs is 8. The third-order valence-electron chi connectivity index (χ3n) is 11.8. The van der Waals surface area contributed by atoms with Crippen molar-refractivity contribution in [2.45, 2.75) is 6.92 Å². The fourth-order valence-corrected chi connectivity index (χ4v) is 9.25. The zero-order valence-electron chi connectivity index (χ0n) is 33.2. The van der Waals surface area contributed by atoms with Crippen molar-refractivity contribution >= 4 is 45.1 Å². The highest BCUT2D eigenvalue weighted by Crippen LogP contribution is 2.53. The van der Waals surface area contributed by atoms with Gasteiger partial charge in [0.05, 0.1) is 28.3 Å². The van der Waals surface area contributed by atoms with Crippen LogP contribution in [0.4, 0.5) is 17.1 Å². The zero-order chi connectivity index (χ0) is 40.2. The van der Waals surface area contributed by atoms with Crippen molar-refractivity contribution in [2.75, 3.05) is 4.90 Å². The molecular formula is C56H40N4. The molecule has 0 saturated heterocycles. The molecule has 4 heteroatoms. The van der Waals surface area contributed by atoms with E-state index in [4.69, 9.17) is 4.98 Å². The summed E-state index contributed by atoms with van der Waals surface area (Å²) in [6.07, 6.45) is 7.92. The molecule has 7 aromatic carbocycles. The van der Waals surface area contributed by atoms with Gasteiger partial charge in [-0.1, -0.05) is 146 Å². The second kappa shape index (κ2) is 14.5. The van der Waals surface area contributed by atoms with Gasteiger partial charge in [-0.2, -0.15) is 0 Å². The average Bonchev–Trinajstić information content (AvgIpc) is 3.76. The lowest BCUT2D eigenvalue weighted by Gasteiger charge is -2.28. The van der Waals surface area contributed by atoms with Crippen LogP contribution in [0.2, 0.25) is 0 Å². The van der Waals surface area contributed by atoms with Crippen molar-refractivity contribution < 1.29 is 0 Å². The minimum Gasteiger partial charge on any atom is -0.313 e. The molecule has 0 saturated carbocycles. The van der Waals surface area contributed by atoms with E-state index in [0.29, 0.717) is 0 Å². The predicted molar refractivity (Wildman–Crippen MR) is 252 cm³/mol. The maximum Gasteiger partial charge on any atom is 0.145 e. The van der Waals surface area contributed by atoms with Crippen LogP contribution in [0, 0.1) is 6.92 Å². The third-order valence-corrected chi connectivity index (χ3v) is 11.8. The molecule has 0 unspecified atom stereocenters. The van der Waals surface area contributed by atoms with E-state index < -0.39 is 0 Å². The van der Waals surface area contributed by atoms with Gasteiger partial charge in [0.15, 0.2) is 0 Å². The van der Waals surface area contributed by atoms with Crippen molar-refractivity contribution in [1.29, 1.82) is 0 Å². The monoisotopic (exact) mass is 768 g/mol. The highest BCUT2D eigenvalue weighted by molar-refractivity contribution is 6.09. The summed E-state index contributed by atoms with van der Waals surface area (Å²) in [6.45, 7) is 6.13. The lowest BCUT2D eigenvalue weighted by Crippen LogP contribution is -2.12. The molecule has 0 N–H and O–H groups in total. The molecule has 1 aliphatic heterocycles. The summed E-state index contributed by atoms with van der Waals surface area (Å²) in [4.78, 5) is 7.52. The standard InChI is InChI=1S/C56H40N4/c1-3-4-25-46-38(2)58(50-29-13-11-26-47(46)50)44-24-17-23-41(35-44)43-34-42(39-19-7-5-8-20-39)36-45(37-43)59-51-30-14-12-27-48(51)55-54(40-21-9-6-10-22-40)49-28-18-33-57-56(49)60(55)53-32-16-15-31-52(53)59/h3-37H,1H2,2H3/b25-4-. The third kappa shape index (κ3) is 5.65. The number of nitrogens with zero attached hydrogens (tertiary/aromatic N) is 4. The van der Waals surface area contributed by atoms with Crippen LogP contribution in [0.15, 0.2) is 213 Å². The van der Waals surface area contributed by atoms with Gasteiger partial charge in [0.1, 0.15) is 5.65 Å². The molecule has 60 heavy (non-hydrogen) atoms. The van der Waals surface area contributed by atoms with E-state index in [1.165, 1.54) is 27.7 Å². The van der Waals surface area contributed by atoms with E-state index in [1.54, 1.807) is 0 Å². The Kier molecular flexibility index (Phi) is 8.49. The van der Waals surface area contributed by atoms with E-state index >= 15 is 0 Å². The van der Waals surface area contributed by atoms with Crippen LogP contribution >= 0.6 is 0 Å². The van der Waals surface area contributed by atoms with Crippen LogP contribution in [0.1, 0.15) is 11.3 Å². The van der Waals surface area contributed by atoms with Crippen LogP contribution in [-0.4, -0.2) is 14.1 Å². The Labute approximate surface area is 349 Å². The molecule has 0 bridgehead atoms. The summed E-state index contributed by atoms with van der Waals surface area (Å²) in [5, 5.41) is 2.34. The lowest BCUT2D eigenvalue weighted by atomic mass is 9.95. The van der Waals surface area contributed by atoms with E-state index in [-0.39, 0.29) is 0 Å². The molecule has 10 aromatic rings. The molecule has 0 amide bonds. The van der Waals surface area contributed by atoms with E-state index in [2.05, 4.69) is 216 Å². The molecule has 0 fully saturated rings. The first-order valence-corrected chi connectivity index (χ1v) is 20.4. The number of hydrogen-bond donors (Lipinski definition) is 0. The Hall–Kier alpha value is -7.95. The molecule has 0 atom stereocenters. The van der Waals surface area contributed by atoms with Gasteiger partial charge in [-0.3, -0.25) is 4.57 Å². The Morgan fingerprint density at radius 3 is 1.93 bits per heavy atom. The highest BCUT2D eigenvalue weighted by atomic mass is 15.2. The van der Waals surface area contributed by atoms with Gasteiger partial charge in [0.25, 0.3) is 0 Å². The van der Waals surface area contributed by atoms with E-state index in [9.17, 15) is 0 Å². The number of anilines is 3. The average molecular weight is 769 g/mol. The van der Waals surface area contributed by atoms with Gasteiger partial charge < -0.3 is 9.47 Å². The zero-order valence-corrected chi connectivity index (χ0v) is 33.2. The lowest BCUT2D eigenvalue weighted by molar-refractivity contribution is 1.05. The minimum absolute atomic E-state index is 0.932. The normalized spacial score (nSPS) is 12.1. The molecular weight excluding hydrogens is 729 g/mol. The summed E-state index contributed by atoms with van der Waals surface area (Å²) < 4.78 is 4.75. The summed E-state index contributed by atoms with van der Waals surface area (Å²) in [5.41, 5.74) is 19.1. The van der Waals surface area contributed by atoms with Gasteiger partial charge in [-0.15, -0.1) is 0 Å². The molecule has 4 heterocycles. The SMILES string of the molecule is C=C/C=C\c1c(C)n(-c2cccc(-c3cc(-c4ccccc4)cc(N4c5ccccc5-c5c(-c6ccccc6)c6cccnc6n5-c5ccccc54)c3)c2)c2ccccc12. The first kappa shape index (κ1) is 35.2. The number of allylic oxidation sites excluding steroid dienone is 2. The largest absolute Gasteiger partial charge is 0.313 e. The van der Waals surface area contributed by atoms with Crippen LogP contribution < -0.4 is 4.90 Å². The number of para-hydroxylation sites is 4. The predicted octanol–water partition coefficient (Wildman–Crippen LogP) is 14.9. The number of hydrogen-bond acceptors (Lipinski definition) is 2. The Balaban J connectivity index is 1.16. The fourth-order valence-electron chi connectivity index (χ4n) is 9.25. The summed E-state index contributed by atoms with van der Waals surface area (Å²) >= 11 is 0. The molecule has 0 radical (unpaired) electrons. The van der Waals surface area contributed by atoms with Gasteiger partial charge in [-0.25, -0.2) is 4.98 Å². The van der Waals surface area contributed by atoms with Crippen molar-refractivity contribution in [3.8, 4) is 56.0 Å². The fraction of sp³-hybridized carbons (Fsp3) is 0.0179. The van der Waals surface area contributed by atoms with Gasteiger partial charge in [-0.05, 0) is 101 Å². The quantitative estimate of drug-likeness (QED) is 0.151. The molecule has 284 valence electrons. The molecule has 0 aliphatic carbocycles. The Bertz CT molecular complexity index is 3290. The van der Waals surface area contributed by atoms with E-state index in [0.717, 1.165) is 78.5 Å². The number of benzene rings is 7. The first-order valence-electron chi connectivity index (χ1n) is 20.4. The van der Waals surface area contributed by atoms with Crippen LogP contribution in [0.5, 0.6) is 0 Å². The van der Waals surface area contributed by atoms with Crippen molar-refractivity contribution in [2.24, 2.45) is 0 Å². The Morgan fingerprint density at radius 1 is 0.500 bits per heavy atom. The van der Waals surface area contributed by atoms with Crippen molar-refractivity contribution in [3.63, 3.8) is 0 Å². The second-order valence-electron chi connectivity index (χ2n) is 15.3. The van der Waals surface area contributed by atoms with Gasteiger partial charge in [0, 0.05) is 50.7 Å². The maximum atomic E-state index is 5.07. The summed E-state index contributed by atoms with van der Waals surface area (Å²) in [7, 11) is 0. The molecule has 11 rings (SSSR count). The number of aromatic nitrogens is 3. The molecule has 0 spiro atoms. The first-order chi connectivity index (χ1) is 29.7. The molecule has 4 nitrogen and oxygen atoms in total.